The molecule has 1 atom stereocenters. The normalized spacial score (nSPS) is 16.1. The van der Waals surface area contributed by atoms with Crippen LogP contribution in [0.3, 0.4) is 0 Å². The first-order valence-corrected chi connectivity index (χ1v) is 12.0. The molecule has 0 radical (unpaired) electrons. The maximum absolute atomic E-state index is 13.9. The van der Waals surface area contributed by atoms with Crippen LogP contribution in [0.25, 0.3) is 11.0 Å². The standard InChI is InChI=1S/C25H29ClN6O3/c1-2-15-7-8-18-19(13-15)30-24(29-18)31-23(35)25(9-11-32(12-10-25)20(33)14-27)21(22(28)34)16-5-3-4-6-17(16)26/h3-8,13,21H,2,9-12,14,27H2,1H3,(H2,28,34)(H2,29,30,31,35). The number of fused-ring (bicyclic) bond motifs is 1. The summed E-state index contributed by atoms with van der Waals surface area (Å²) in [5, 5.41) is 3.22. The molecule has 0 spiro atoms. The number of H-pyrrole nitrogens is 1. The first kappa shape index (κ1) is 24.7. The number of aromatic nitrogens is 2. The zero-order valence-corrected chi connectivity index (χ0v) is 20.3. The van der Waals surface area contributed by atoms with Gasteiger partial charge in [0.2, 0.25) is 23.7 Å². The number of aromatic amines is 1. The molecular formula is C25H29ClN6O3. The molecule has 1 aliphatic heterocycles. The van der Waals surface area contributed by atoms with E-state index in [1.54, 1.807) is 29.2 Å². The summed E-state index contributed by atoms with van der Waals surface area (Å²) in [6.07, 6.45) is 1.29. The van der Waals surface area contributed by atoms with Crippen LogP contribution in [0.15, 0.2) is 42.5 Å². The Morgan fingerprint density at radius 1 is 1.20 bits per heavy atom. The van der Waals surface area contributed by atoms with Crippen molar-refractivity contribution in [1.29, 1.82) is 0 Å². The third-order valence-corrected chi connectivity index (χ3v) is 7.22. The number of halogens is 1. The van der Waals surface area contributed by atoms with E-state index in [-0.39, 0.29) is 44.3 Å². The molecule has 184 valence electrons. The summed E-state index contributed by atoms with van der Waals surface area (Å²) in [4.78, 5) is 48.2. The Hall–Kier alpha value is -3.43. The molecule has 3 amide bonds. The zero-order valence-electron chi connectivity index (χ0n) is 19.5. The van der Waals surface area contributed by atoms with Gasteiger partial charge in [0, 0.05) is 18.1 Å². The fraction of sp³-hybridized carbons (Fsp3) is 0.360. The summed E-state index contributed by atoms with van der Waals surface area (Å²) < 4.78 is 0. The van der Waals surface area contributed by atoms with Gasteiger partial charge in [0.1, 0.15) is 0 Å². The van der Waals surface area contributed by atoms with E-state index in [0.29, 0.717) is 10.6 Å². The van der Waals surface area contributed by atoms with Crippen LogP contribution in [0.5, 0.6) is 0 Å². The zero-order chi connectivity index (χ0) is 25.2. The molecule has 10 heteroatoms. The van der Waals surface area contributed by atoms with Gasteiger partial charge in [0.05, 0.1) is 28.9 Å². The number of rotatable bonds is 7. The van der Waals surface area contributed by atoms with Crippen LogP contribution >= 0.6 is 11.6 Å². The lowest BCUT2D eigenvalue weighted by Crippen LogP contribution is -2.54. The molecule has 1 fully saturated rings. The van der Waals surface area contributed by atoms with E-state index < -0.39 is 23.1 Å². The highest BCUT2D eigenvalue weighted by Gasteiger charge is 2.51. The number of piperidine rings is 1. The number of nitrogens with two attached hydrogens (primary N) is 2. The number of likely N-dealkylation sites (tertiary alicyclic amines) is 1. The van der Waals surface area contributed by atoms with Crippen molar-refractivity contribution >= 4 is 46.3 Å². The average Bonchev–Trinajstić information content (AvgIpc) is 3.26. The van der Waals surface area contributed by atoms with Crippen molar-refractivity contribution in [1.82, 2.24) is 14.9 Å². The van der Waals surface area contributed by atoms with E-state index in [1.165, 1.54) is 0 Å². The van der Waals surface area contributed by atoms with Crippen LogP contribution in [0, 0.1) is 5.41 Å². The van der Waals surface area contributed by atoms with Crippen LogP contribution in [-0.4, -0.2) is 52.2 Å². The molecule has 2 aromatic carbocycles. The Morgan fingerprint density at radius 3 is 2.54 bits per heavy atom. The minimum atomic E-state index is -1.24. The number of carbonyl (C=O) groups excluding carboxylic acids is 3. The third kappa shape index (κ3) is 4.74. The number of imidazole rings is 1. The third-order valence-electron chi connectivity index (χ3n) is 6.88. The lowest BCUT2D eigenvalue weighted by Gasteiger charge is -2.44. The van der Waals surface area contributed by atoms with E-state index in [1.807, 2.05) is 18.2 Å². The molecule has 4 rings (SSSR count). The van der Waals surface area contributed by atoms with Gasteiger partial charge in [-0.1, -0.05) is 42.8 Å². The van der Waals surface area contributed by atoms with Crippen molar-refractivity contribution in [2.75, 3.05) is 25.0 Å². The lowest BCUT2D eigenvalue weighted by molar-refractivity contribution is -0.141. The Labute approximate surface area is 208 Å². The molecule has 1 aromatic heterocycles. The molecule has 9 nitrogen and oxygen atoms in total. The number of aryl methyl sites for hydroxylation is 1. The van der Waals surface area contributed by atoms with Crippen LogP contribution in [0.2, 0.25) is 5.02 Å². The molecule has 35 heavy (non-hydrogen) atoms. The van der Waals surface area contributed by atoms with Gasteiger partial charge in [0.25, 0.3) is 0 Å². The predicted octanol–water partition coefficient (Wildman–Crippen LogP) is 2.55. The summed E-state index contributed by atoms with van der Waals surface area (Å²) in [5.41, 5.74) is 13.3. The first-order valence-electron chi connectivity index (χ1n) is 11.6. The van der Waals surface area contributed by atoms with Crippen molar-refractivity contribution < 1.29 is 14.4 Å². The number of carbonyl (C=O) groups is 3. The van der Waals surface area contributed by atoms with E-state index in [2.05, 4.69) is 22.2 Å². The number of nitrogens with zero attached hydrogens (tertiary/aromatic N) is 2. The maximum atomic E-state index is 13.9. The van der Waals surface area contributed by atoms with Gasteiger partial charge in [0.15, 0.2) is 0 Å². The molecular weight excluding hydrogens is 468 g/mol. The maximum Gasteiger partial charge on any atom is 0.236 e. The molecule has 6 N–H and O–H groups in total. The Balaban J connectivity index is 1.72. The van der Waals surface area contributed by atoms with Crippen molar-refractivity contribution in [2.45, 2.75) is 32.1 Å². The first-order chi connectivity index (χ1) is 16.8. The number of nitrogens with one attached hydrogen (secondary N) is 2. The summed E-state index contributed by atoms with van der Waals surface area (Å²) in [6.45, 7) is 2.46. The Morgan fingerprint density at radius 2 is 1.91 bits per heavy atom. The topological polar surface area (TPSA) is 147 Å². The van der Waals surface area contributed by atoms with Crippen molar-refractivity contribution in [3.8, 4) is 0 Å². The van der Waals surface area contributed by atoms with Crippen LogP contribution in [0.4, 0.5) is 5.95 Å². The number of hydrogen-bond acceptors (Lipinski definition) is 5. The van der Waals surface area contributed by atoms with Crippen molar-refractivity contribution in [3.05, 3.63) is 58.6 Å². The molecule has 2 heterocycles. The van der Waals surface area contributed by atoms with Gasteiger partial charge in [-0.15, -0.1) is 0 Å². The summed E-state index contributed by atoms with van der Waals surface area (Å²) in [6, 6.07) is 12.7. The minimum absolute atomic E-state index is 0.123. The quantitative estimate of drug-likeness (QED) is 0.397. The number of anilines is 1. The Kier molecular flexibility index (Phi) is 7.09. The molecule has 0 bridgehead atoms. The number of amides is 3. The molecule has 1 aliphatic rings. The van der Waals surface area contributed by atoms with Crippen LogP contribution in [-0.2, 0) is 20.8 Å². The van der Waals surface area contributed by atoms with Crippen LogP contribution < -0.4 is 16.8 Å². The molecule has 1 saturated heterocycles. The van der Waals surface area contributed by atoms with Gasteiger partial charge >= 0.3 is 0 Å². The number of primary amides is 1. The molecule has 0 aliphatic carbocycles. The minimum Gasteiger partial charge on any atom is -0.369 e. The smallest absolute Gasteiger partial charge is 0.236 e. The molecule has 0 saturated carbocycles. The lowest BCUT2D eigenvalue weighted by atomic mass is 9.65. The van der Waals surface area contributed by atoms with Crippen molar-refractivity contribution in [3.63, 3.8) is 0 Å². The summed E-state index contributed by atoms with van der Waals surface area (Å²) in [7, 11) is 0. The highest BCUT2D eigenvalue weighted by Crippen LogP contribution is 2.47. The van der Waals surface area contributed by atoms with Gasteiger partial charge < -0.3 is 21.4 Å². The fourth-order valence-electron chi connectivity index (χ4n) is 4.93. The highest BCUT2D eigenvalue weighted by atomic mass is 35.5. The summed E-state index contributed by atoms with van der Waals surface area (Å²) in [5.74, 6) is -2.00. The van der Waals surface area contributed by atoms with E-state index in [4.69, 9.17) is 23.1 Å². The van der Waals surface area contributed by atoms with E-state index in [0.717, 1.165) is 23.0 Å². The fourth-order valence-corrected chi connectivity index (χ4v) is 5.17. The average molecular weight is 497 g/mol. The van der Waals surface area contributed by atoms with Gasteiger partial charge in [-0.2, -0.15) is 0 Å². The summed E-state index contributed by atoms with van der Waals surface area (Å²) >= 11 is 6.45. The predicted molar refractivity (Wildman–Crippen MR) is 135 cm³/mol. The van der Waals surface area contributed by atoms with E-state index in [9.17, 15) is 14.4 Å². The van der Waals surface area contributed by atoms with Gasteiger partial charge in [-0.3, -0.25) is 19.7 Å². The second kappa shape index (κ2) is 10.1. The largest absolute Gasteiger partial charge is 0.369 e. The number of hydrogen-bond donors (Lipinski definition) is 4. The highest BCUT2D eigenvalue weighted by molar-refractivity contribution is 6.31. The second-order valence-corrected chi connectivity index (χ2v) is 9.25. The Bertz CT molecular complexity index is 1270. The monoisotopic (exact) mass is 496 g/mol. The van der Waals surface area contributed by atoms with Gasteiger partial charge in [-0.25, -0.2) is 4.98 Å². The number of benzene rings is 2. The molecule has 3 aromatic rings. The SMILES string of the molecule is CCc1ccc2[nH]c(NC(=O)C3(C(C(N)=O)c4ccccc4Cl)CCN(C(=O)CN)CC3)nc2c1. The second-order valence-electron chi connectivity index (χ2n) is 8.84. The van der Waals surface area contributed by atoms with Crippen LogP contribution in [0.1, 0.15) is 36.8 Å². The van der Waals surface area contributed by atoms with Gasteiger partial charge in [-0.05, 0) is 48.6 Å². The van der Waals surface area contributed by atoms with Crippen molar-refractivity contribution in [2.24, 2.45) is 16.9 Å². The van der Waals surface area contributed by atoms with E-state index >= 15 is 0 Å². The molecule has 1 unspecified atom stereocenters.